The maximum absolute atomic E-state index is 11.8. The molecule has 290 valence electrons. The van der Waals surface area contributed by atoms with Gasteiger partial charge in [0.05, 0.1) is 67.2 Å². The summed E-state index contributed by atoms with van der Waals surface area (Å²) in [5, 5.41) is 39.7. The van der Waals surface area contributed by atoms with E-state index in [0.29, 0.717) is 39.2 Å². The van der Waals surface area contributed by atoms with E-state index in [4.69, 9.17) is 0 Å². The van der Waals surface area contributed by atoms with Crippen LogP contribution >= 0.6 is 0 Å². The van der Waals surface area contributed by atoms with Crippen molar-refractivity contribution < 1.29 is 0 Å². The summed E-state index contributed by atoms with van der Waals surface area (Å²) in [6.45, 7) is 0. The quantitative estimate of drug-likeness (QED) is 0.174. The van der Waals surface area contributed by atoms with Crippen LogP contribution in [0.3, 0.4) is 0 Å². The van der Waals surface area contributed by atoms with Gasteiger partial charge in [-0.1, -0.05) is 127 Å². The van der Waals surface area contributed by atoms with Crippen LogP contribution < -0.4 is 0 Å². The van der Waals surface area contributed by atoms with Gasteiger partial charge in [-0.3, -0.25) is 0 Å². The molecule has 3 heterocycles. The van der Waals surface area contributed by atoms with E-state index in [1.54, 1.807) is 12.1 Å². The number of aromatic nitrogens is 3. The lowest BCUT2D eigenvalue weighted by Gasteiger charge is -2.25. The predicted molar refractivity (Wildman–Crippen MR) is 254 cm³/mol. The van der Waals surface area contributed by atoms with Crippen molar-refractivity contribution in [2.75, 3.05) is 0 Å². The minimum Gasteiger partial charge on any atom is -0.309 e. The normalized spacial score (nSPS) is 11.4. The van der Waals surface area contributed by atoms with Crippen LogP contribution in [0.15, 0.2) is 194 Å². The fourth-order valence-corrected chi connectivity index (χ4v) is 9.97. The van der Waals surface area contributed by atoms with Crippen molar-refractivity contribution in [2.24, 2.45) is 0 Å². The van der Waals surface area contributed by atoms with E-state index >= 15 is 0 Å². The summed E-state index contributed by atoms with van der Waals surface area (Å²) in [6.07, 6.45) is 0. The Morgan fingerprint density at radius 2 is 0.683 bits per heavy atom. The maximum atomic E-state index is 11.8. The van der Waals surface area contributed by atoms with Gasteiger partial charge in [0.1, 0.15) is 12.1 Å². The largest absolute Gasteiger partial charge is 0.309 e. The van der Waals surface area contributed by atoms with Crippen LogP contribution in [-0.2, 0) is 0 Å². The summed E-state index contributed by atoms with van der Waals surface area (Å²) in [5.41, 5.74) is 12.2. The third-order valence-electron chi connectivity index (χ3n) is 12.6. The Kier molecular flexibility index (Phi) is 7.93. The Balaban J connectivity index is 1.35. The van der Waals surface area contributed by atoms with Gasteiger partial charge in [0.25, 0.3) is 0 Å². The highest BCUT2D eigenvalue weighted by atomic mass is 15.0. The van der Waals surface area contributed by atoms with E-state index in [1.807, 2.05) is 66.7 Å². The molecule has 0 N–H and O–H groups in total. The van der Waals surface area contributed by atoms with Crippen LogP contribution in [0.1, 0.15) is 16.7 Å². The first-order valence-electron chi connectivity index (χ1n) is 20.8. The minimum absolute atomic E-state index is 0.356. The van der Waals surface area contributed by atoms with Gasteiger partial charge in [0.2, 0.25) is 0 Å². The first-order valence-corrected chi connectivity index (χ1v) is 20.8. The molecule has 0 aliphatic carbocycles. The van der Waals surface area contributed by atoms with Gasteiger partial charge < -0.3 is 13.7 Å². The highest BCUT2D eigenvalue weighted by Gasteiger charge is 2.32. The number of hydrogen-bond acceptors (Lipinski definition) is 3. The van der Waals surface area contributed by atoms with Crippen molar-refractivity contribution in [2.45, 2.75) is 0 Å². The lowest BCUT2D eigenvalue weighted by Crippen LogP contribution is -2.11. The first-order chi connectivity index (χ1) is 31.2. The Morgan fingerprint density at radius 1 is 0.302 bits per heavy atom. The highest BCUT2D eigenvalue weighted by molar-refractivity contribution is 6.15. The van der Waals surface area contributed by atoms with Gasteiger partial charge in [-0.25, -0.2) is 0 Å². The first kappa shape index (κ1) is 35.8. The predicted octanol–water partition coefficient (Wildman–Crippen LogP) is 13.9. The number of fused-ring (bicyclic) bond motifs is 9. The van der Waals surface area contributed by atoms with Crippen LogP contribution in [-0.4, -0.2) is 13.7 Å². The van der Waals surface area contributed by atoms with Crippen molar-refractivity contribution in [1.82, 2.24) is 13.7 Å². The Hall–Kier alpha value is -9.15. The summed E-state index contributed by atoms with van der Waals surface area (Å²) < 4.78 is 6.75. The van der Waals surface area contributed by atoms with Crippen LogP contribution in [0.2, 0.25) is 0 Å². The minimum atomic E-state index is 0.356. The average molecular weight is 801 g/mol. The standard InChI is InChI=1S/C57H32N6/c58-33-36-26-28-37(29-27-36)54-46(34-59)56(62-49-22-10-4-16-40(49)41-17-5-11-23-50(41)62)55(57(47(54)35-60)63-51-24-12-6-18-42(51)43-19-7-13-25-52(43)63)38-30-31-53-45(32-38)44-20-8-9-21-48(44)61(53)39-14-2-1-3-15-39/h1-32H. The van der Waals surface area contributed by atoms with Crippen LogP contribution in [0.5, 0.6) is 0 Å². The van der Waals surface area contributed by atoms with E-state index in [-0.39, 0.29) is 0 Å². The molecule has 0 saturated heterocycles. The number of nitriles is 3. The van der Waals surface area contributed by atoms with Crippen LogP contribution in [0.4, 0.5) is 0 Å². The zero-order valence-corrected chi connectivity index (χ0v) is 33.7. The molecule has 0 spiro atoms. The van der Waals surface area contributed by atoms with Gasteiger partial charge in [0.15, 0.2) is 0 Å². The van der Waals surface area contributed by atoms with E-state index in [9.17, 15) is 15.8 Å². The lowest BCUT2D eigenvalue weighted by atomic mass is 9.86. The van der Waals surface area contributed by atoms with E-state index in [0.717, 1.165) is 82.2 Å². The number of nitrogens with zero attached hydrogens (tertiary/aromatic N) is 6. The molecule has 6 heteroatoms. The third kappa shape index (κ3) is 5.15. The van der Waals surface area contributed by atoms with Crippen molar-refractivity contribution in [3.05, 3.63) is 211 Å². The van der Waals surface area contributed by atoms with E-state index in [1.165, 1.54) is 0 Å². The van der Waals surface area contributed by atoms with Crippen molar-refractivity contribution in [1.29, 1.82) is 15.8 Å². The Bertz CT molecular complexity index is 3730. The molecule has 12 aromatic rings. The Labute approximate surface area is 361 Å². The molecule has 0 saturated carbocycles. The summed E-state index contributed by atoms with van der Waals surface area (Å²) >= 11 is 0. The average Bonchev–Trinajstić information content (AvgIpc) is 3.99. The monoisotopic (exact) mass is 800 g/mol. The molecule has 0 bridgehead atoms. The lowest BCUT2D eigenvalue weighted by molar-refractivity contribution is 1.12. The van der Waals surface area contributed by atoms with Gasteiger partial charge in [0, 0.05) is 49.1 Å². The smallest absolute Gasteiger partial charge is 0.102 e. The zero-order valence-electron chi connectivity index (χ0n) is 33.7. The number of para-hydroxylation sites is 6. The van der Waals surface area contributed by atoms with Gasteiger partial charge in [-0.2, -0.15) is 15.8 Å². The van der Waals surface area contributed by atoms with E-state index in [2.05, 4.69) is 147 Å². The summed E-state index contributed by atoms with van der Waals surface area (Å²) in [5.74, 6) is 0. The molecular weight excluding hydrogens is 769 g/mol. The molecule has 6 nitrogen and oxygen atoms in total. The SMILES string of the molecule is N#Cc1ccc(-c2c(C#N)c(-n3c4ccccc4c4ccccc43)c(-c3ccc4c(c3)c3ccccc3n4-c3ccccc3)c(-n3c4ccccc4c4ccccc43)c2C#N)cc1. The molecule has 0 atom stereocenters. The summed E-state index contributed by atoms with van der Waals surface area (Å²) in [6, 6.07) is 73.5. The molecule has 0 amide bonds. The maximum Gasteiger partial charge on any atom is 0.102 e. The van der Waals surface area contributed by atoms with Gasteiger partial charge in [-0.05, 0) is 77.9 Å². The fraction of sp³-hybridized carbons (Fsp3) is 0. The topological polar surface area (TPSA) is 86.2 Å². The second kappa shape index (κ2) is 14.0. The second-order valence-corrected chi connectivity index (χ2v) is 15.8. The number of rotatable bonds is 5. The molecule has 9 aromatic carbocycles. The van der Waals surface area contributed by atoms with Crippen molar-refractivity contribution in [3.63, 3.8) is 0 Å². The molecule has 3 aromatic heterocycles. The summed E-state index contributed by atoms with van der Waals surface area (Å²) in [4.78, 5) is 0. The number of benzene rings is 9. The number of hydrogen-bond donors (Lipinski definition) is 0. The molecule has 63 heavy (non-hydrogen) atoms. The molecule has 0 aliphatic heterocycles. The molecule has 0 unspecified atom stereocenters. The summed E-state index contributed by atoms with van der Waals surface area (Å²) in [7, 11) is 0. The van der Waals surface area contributed by atoms with Crippen LogP contribution in [0, 0.1) is 34.0 Å². The molecule has 12 rings (SSSR count). The van der Waals surface area contributed by atoms with Gasteiger partial charge in [-0.15, -0.1) is 0 Å². The Morgan fingerprint density at radius 3 is 1.13 bits per heavy atom. The second-order valence-electron chi connectivity index (χ2n) is 15.8. The van der Waals surface area contributed by atoms with Gasteiger partial charge >= 0.3 is 0 Å². The molecule has 0 radical (unpaired) electrons. The van der Waals surface area contributed by atoms with Crippen LogP contribution in [0.25, 0.3) is 105 Å². The highest BCUT2D eigenvalue weighted by Crippen LogP contribution is 2.49. The molecule has 0 aliphatic rings. The zero-order chi connectivity index (χ0) is 42.2. The molecular formula is C57H32N6. The fourth-order valence-electron chi connectivity index (χ4n) is 9.97. The van der Waals surface area contributed by atoms with Crippen molar-refractivity contribution in [3.8, 4) is 57.5 Å². The van der Waals surface area contributed by atoms with E-state index < -0.39 is 0 Å². The molecule has 0 fully saturated rings. The third-order valence-corrected chi connectivity index (χ3v) is 12.6. The van der Waals surface area contributed by atoms with Crippen molar-refractivity contribution >= 4 is 65.4 Å².